The largest absolute Gasteiger partial charge is 0.457 e. The molecule has 0 fully saturated rings. The molecule has 29 heavy (non-hydrogen) atoms. The molecule has 0 radical (unpaired) electrons. The predicted molar refractivity (Wildman–Crippen MR) is 113 cm³/mol. The van der Waals surface area contributed by atoms with Gasteiger partial charge in [-0.25, -0.2) is 0 Å². The zero-order chi connectivity index (χ0) is 21.1. The Labute approximate surface area is 179 Å². The van der Waals surface area contributed by atoms with Crippen molar-refractivity contribution in [3.8, 4) is 11.5 Å². The smallest absolute Gasteiger partial charge is 0.275 e. The number of carbonyl (C=O) groups is 1. The number of halogens is 2. The van der Waals surface area contributed by atoms with Gasteiger partial charge in [-0.15, -0.1) is 0 Å². The number of amides is 1. The van der Waals surface area contributed by atoms with Crippen molar-refractivity contribution in [1.29, 1.82) is 0 Å². The van der Waals surface area contributed by atoms with Crippen molar-refractivity contribution >= 4 is 44.8 Å². The highest BCUT2D eigenvalue weighted by Gasteiger charge is 2.18. The van der Waals surface area contributed by atoms with E-state index < -0.39 is 11.0 Å². The Bertz CT molecular complexity index is 1090. The second-order valence-corrected chi connectivity index (χ2v) is 7.61. The molecule has 1 unspecified atom stereocenters. The van der Waals surface area contributed by atoms with E-state index in [-0.39, 0.29) is 23.0 Å². The van der Waals surface area contributed by atoms with Crippen LogP contribution >= 0.6 is 27.5 Å². The molecule has 0 saturated heterocycles. The van der Waals surface area contributed by atoms with Crippen LogP contribution in [0.3, 0.4) is 0 Å². The Kier molecular flexibility index (Phi) is 6.19. The maximum absolute atomic E-state index is 12.5. The average molecular weight is 480 g/mol. The molecule has 1 N–H and O–H groups in total. The Hall–Kier alpha value is -2.91. The Balaban J connectivity index is 1.85. The molecule has 0 spiro atoms. The summed E-state index contributed by atoms with van der Waals surface area (Å²) >= 11 is 9.29. The number of nitrogens with zero attached hydrogens (tertiary/aromatic N) is 3. The minimum absolute atomic E-state index is 0.210. The van der Waals surface area contributed by atoms with Gasteiger partial charge in [0.25, 0.3) is 5.69 Å². The quantitative estimate of drug-likeness (QED) is 0.371. The van der Waals surface area contributed by atoms with Crippen LogP contribution in [0.5, 0.6) is 11.5 Å². The summed E-state index contributed by atoms with van der Waals surface area (Å²) in [5.74, 6) is 0.305. The molecule has 2 aromatic carbocycles. The van der Waals surface area contributed by atoms with E-state index in [1.165, 1.54) is 22.9 Å². The van der Waals surface area contributed by atoms with E-state index >= 15 is 0 Å². The molecule has 1 heterocycles. The van der Waals surface area contributed by atoms with Crippen molar-refractivity contribution in [3.63, 3.8) is 0 Å². The molecule has 10 heteroatoms. The second kappa shape index (κ2) is 8.62. The highest BCUT2D eigenvalue weighted by molar-refractivity contribution is 9.10. The standard InChI is InChI=1S/C19H16BrClN4O4/c1-11-5-16(3-4-18(11)21)29-17-7-14(6-15(8-17)25(27)28)23-19(26)12(2)24-10-13(20)9-22-24/h3-10,12H,1-2H3,(H,23,26). The second-order valence-electron chi connectivity index (χ2n) is 6.29. The number of nitro groups is 1. The third kappa shape index (κ3) is 5.12. The van der Waals surface area contributed by atoms with Gasteiger partial charge in [-0.1, -0.05) is 11.6 Å². The van der Waals surface area contributed by atoms with E-state index in [1.807, 2.05) is 6.92 Å². The van der Waals surface area contributed by atoms with Crippen LogP contribution in [0.4, 0.5) is 11.4 Å². The topological polar surface area (TPSA) is 99.3 Å². The van der Waals surface area contributed by atoms with Crippen LogP contribution in [-0.4, -0.2) is 20.6 Å². The molecule has 1 atom stereocenters. The summed E-state index contributed by atoms with van der Waals surface area (Å²) in [6.45, 7) is 3.49. The lowest BCUT2D eigenvalue weighted by Crippen LogP contribution is -2.24. The van der Waals surface area contributed by atoms with Crippen molar-refractivity contribution in [2.24, 2.45) is 0 Å². The van der Waals surface area contributed by atoms with E-state index in [0.717, 1.165) is 10.0 Å². The van der Waals surface area contributed by atoms with Gasteiger partial charge in [-0.2, -0.15) is 5.10 Å². The Morgan fingerprint density at radius 3 is 2.69 bits per heavy atom. The van der Waals surface area contributed by atoms with E-state index in [0.29, 0.717) is 10.8 Å². The normalized spacial score (nSPS) is 11.7. The minimum atomic E-state index is -0.621. The summed E-state index contributed by atoms with van der Waals surface area (Å²) in [7, 11) is 0. The van der Waals surface area contributed by atoms with E-state index in [4.69, 9.17) is 16.3 Å². The molecule has 150 valence electrons. The number of nitro benzene ring substituents is 1. The van der Waals surface area contributed by atoms with Crippen LogP contribution in [0.1, 0.15) is 18.5 Å². The molecule has 3 aromatic rings. The van der Waals surface area contributed by atoms with Crippen LogP contribution < -0.4 is 10.1 Å². The lowest BCUT2D eigenvalue weighted by Gasteiger charge is -2.14. The molecule has 0 aliphatic carbocycles. The van der Waals surface area contributed by atoms with Crippen molar-refractivity contribution in [1.82, 2.24) is 9.78 Å². The van der Waals surface area contributed by atoms with E-state index in [2.05, 4.69) is 26.3 Å². The summed E-state index contributed by atoms with van der Waals surface area (Å²) in [4.78, 5) is 23.3. The monoisotopic (exact) mass is 478 g/mol. The van der Waals surface area contributed by atoms with Crippen LogP contribution in [0.25, 0.3) is 0 Å². The van der Waals surface area contributed by atoms with Crippen LogP contribution in [0, 0.1) is 17.0 Å². The minimum Gasteiger partial charge on any atom is -0.457 e. The number of benzene rings is 2. The maximum atomic E-state index is 12.5. The fourth-order valence-electron chi connectivity index (χ4n) is 2.53. The lowest BCUT2D eigenvalue weighted by molar-refractivity contribution is -0.384. The van der Waals surface area contributed by atoms with Crippen LogP contribution in [0.15, 0.2) is 53.3 Å². The number of carbonyl (C=O) groups excluding carboxylic acids is 1. The Morgan fingerprint density at radius 2 is 2.07 bits per heavy atom. The number of non-ortho nitro benzene ring substituents is 1. The molecule has 8 nitrogen and oxygen atoms in total. The van der Waals surface area contributed by atoms with Crippen LogP contribution in [-0.2, 0) is 4.79 Å². The highest BCUT2D eigenvalue weighted by Crippen LogP contribution is 2.31. The van der Waals surface area contributed by atoms with Crippen molar-refractivity contribution in [2.45, 2.75) is 19.9 Å². The molecular formula is C19H16BrClN4O4. The fraction of sp³-hybridized carbons (Fsp3) is 0.158. The van der Waals surface area contributed by atoms with Gasteiger partial charge in [0.15, 0.2) is 0 Å². The predicted octanol–water partition coefficient (Wildman–Crippen LogP) is 5.51. The fourth-order valence-corrected chi connectivity index (χ4v) is 2.95. The first kappa shape index (κ1) is 20.8. The first-order valence-corrected chi connectivity index (χ1v) is 9.64. The zero-order valence-electron chi connectivity index (χ0n) is 15.4. The number of ether oxygens (including phenoxy) is 1. The summed E-state index contributed by atoms with van der Waals surface area (Å²) in [6.07, 6.45) is 3.23. The van der Waals surface area contributed by atoms with Crippen molar-refractivity contribution in [3.05, 3.63) is 74.0 Å². The van der Waals surface area contributed by atoms with Crippen molar-refractivity contribution in [2.75, 3.05) is 5.32 Å². The first-order chi connectivity index (χ1) is 13.7. The molecule has 1 aromatic heterocycles. The summed E-state index contributed by atoms with van der Waals surface area (Å²) in [5, 5.41) is 18.6. The molecule has 1 amide bonds. The number of aromatic nitrogens is 2. The van der Waals surface area contributed by atoms with Gasteiger partial charge in [0.2, 0.25) is 5.91 Å². The molecule has 0 aliphatic rings. The molecular weight excluding hydrogens is 464 g/mol. The highest BCUT2D eigenvalue weighted by atomic mass is 79.9. The van der Waals surface area contributed by atoms with Gasteiger partial charge in [-0.3, -0.25) is 19.6 Å². The summed E-state index contributed by atoms with van der Waals surface area (Å²) in [6, 6.07) is 8.50. The summed E-state index contributed by atoms with van der Waals surface area (Å²) in [5.41, 5.74) is 0.836. The zero-order valence-corrected chi connectivity index (χ0v) is 17.8. The van der Waals surface area contributed by atoms with Crippen molar-refractivity contribution < 1.29 is 14.5 Å². The van der Waals surface area contributed by atoms with E-state index in [1.54, 1.807) is 37.5 Å². The van der Waals surface area contributed by atoms with Gasteiger partial charge in [-0.05, 0) is 53.5 Å². The number of nitrogens with one attached hydrogen (secondary N) is 1. The first-order valence-electron chi connectivity index (χ1n) is 8.47. The van der Waals surface area contributed by atoms with Gasteiger partial charge in [0.1, 0.15) is 17.5 Å². The Morgan fingerprint density at radius 1 is 1.31 bits per heavy atom. The number of aryl methyl sites for hydroxylation is 1. The maximum Gasteiger partial charge on any atom is 0.275 e. The number of rotatable bonds is 6. The number of hydrogen-bond acceptors (Lipinski definition) is 5. The molecule has 0 saturated carbocycles. The number of hydrogen-bond donors (Lipinski definition) is 1. The third-order valence-electron chi connectivity index (χ3n) is 4.08. The lowest BCUT2D eigenvalue weighted by atomic mass is 10.2. The summed E-state index contributed by atoms with van der Waals surface area (Å²) < 4.78 is 7.95. The van der Waals surface area contributed by atoms with Crippen LogP contribution in [0.2, 0.25) is 5.02 Å². The average Bonchev–Trinajstić information content (AvgIpc) is 3.10. The van der Waals surface area contributed by atoms with Gasteiger partial charge in [0, 0.05) is 23.4 Å². The molecule has 3 rings (SSSR count). The molecule has 0 bridgehead atoms. The van der Waals surface area contributed by atoms with Gasteiger partial charge in [0.05, 0.1) is 27.3 Å². The number of anilines is 1. The third-order valence-corrected chi connectivity index (χ3v) is 4.91. The van der Waals surface area contributed by atoms with Gasteiger partial charge >= 0.3 is 0 Å². The van der Waals surface area contributed by atoms with E-state index in [9.17, 15) is 14.9 Å². The molecule has 0 aliphatic heterocycles. The van der Waals surface area contributed by atoms with Gasteiger partial charge < -0.3 is 10.1 Å². The SMILES string of the molecule is Cc1cc(Oc2cc(NC(=O)C(C)n3cc(Br)cn3)cc([N+](=O)[O-])c2)ccc1Cl.